The van der Waals surface area contributed by atoms with Gasteiger partial charge in [-0.3, -0.25) is 4.57 Å². The van der Waals surface area contributed by atoms with E-state index in [1.165, 1.54) is 11.1 Å². The van der Waals surface area contributed by atoms with Crippen LogP contribution in [0.1, 0.15) is 82.0 Å². The van der Waals surface area contributed by atoms with Crippen molar-refractivity contribution in [3.63, 3.8) is 0 Å². The minimum atomic E-state index is 0.00163. The lowest BCUT2D eigenvalue weighted by atomic mass is 9.89. The van der Waals surface area contributed by atoms with Gasteiger partial charge in [0.15, 0.2) is 5.65 Å². The van der Waals surface area contributed by atoms with E-state index in [9.17, 15) is 4.79 Å². The monoisotopic (exact) mass is 460 g/mol. The Morgan fingerprint density at radius 2 is 1.76 bits per heavy atom. The molecule has 1 fully saturated rings. The van der Waals surface area contributed by atoms with Gasteiger partial charge < -0.3 is 10.3 Å². The molecule has 1 aliphatic carbocycles. The molecule has 1 saturated carbocycles. The van der Waals surface area contributed by atoms with Crippen LogP contribution in [0.25, 0.3) is 27.8 Å². The van der Waals surface area contributed by atoms with Crippen molar-refractivity contribution in [1.29, 1.82) is 0 Å². The number of aromatic nitrogens is 5. The Labute approximate surface area is 200 Å². The lowest BCUT2D eigenvalue weighted by molar-refractivity contribution is 0.281. The topological polar surface area (TPSA) is 80.0 Å². The Bertz CT molecular complexity index is 1400. The summed E-state index contributed by atoms with van der Waals surface area (Å²) in [5.74, 6) is 0.315. The fourth-order valence-corrected chi connectivity index (χ4v) is 5.71. The quantitative estimate of drug-likeness (QED) is 0.426. The zero-order chi connectivity index (χ0) is 24.1. The van der Waals surface area contributed by atoms with Gasteiger partial charge in [-0.2, -0.15) is 5.10 Å². The minimum Gasteiger partial charge on any atom is -0.312 e. The molecule has 0 amide bonds. The molecule has 0 bridgehead atoms. The summed E-state index contributed by atoms with van der Waals surface area (Å²) in [4.78, 5) is 20.7. The van der Waals surface area contributed by atoms with Crippen LogP contribution in [-0.4, -0.2) is 36.2 Å². The predicted octanol–water partition coefficient (Wildman–Crippen LogP) is 5.26. The Balaban J connectivity index is 1.60. The Morgan fingerprint density at radius 3 is 2.44 bits per heavy atom. The zero-order valence-corrected chi connectivity index (χ0v) is 21.1. The van der Waals surface area contributed by atoms with Gasteiger partial charge in [0.05, 0.1) is 11.0 Å². The molecule has 1 aromatic carbocycles. The van der Waals surface area contributed by atoms with E-state index in [0.717, 1.165) is 59.1 Å². The van der Waals surface area contributed by atoms with Gasteiger partial charge in [-0.25, -0.2) is 14.3 Å². The predicted molar refractivity (Wildman–Crippen MR) is 138 cm³/mol. The van der Waals surface area contributed by atoms with Crippen molar-refractivity contribution in [3.8, 4) is 11.1 Å². The standard InChI is InChI=1S/C27H36N6O/c1-15(2)21-12-25-24(11-22(21)23-13-32-26(28-14-29-32)18(6)17(23)5)31-27(34)33(25)20-9-7-19(8-10-20)30-16(3)4/h11-16,19-20,30H,7-10H2,1-6H3,(H,31,34)/t19-,20+. The van der Waals surface area contributed by atoms with Crippen molar-refractivity contribution >= 4 is 16.7 Å². The molecular weight excluding hydrogens is 424 g/mol. The van der Waals surface area contributed by atoms with Crippen LogP contribution in [0.2, 0.25) is 0 Å². The summed E-state index contributed by atoms with van der Waals surface area (Å²) >= 11 is 0. The fourth-order valence-electron chi connectivity index (χ4n) is 5.71. The third-order valence-electron chi connectivity index (χ3n) is 7.56. The molecule has 0 atom stereocenters. The first-order valence-corrected chi connectivity index (χ1v) is 12.6. The second-order valence-electron chi connectivity index (χ2n) is 10.6. The molecule has 0 radical (unpaired) electrons. The Hall–Kier alpha value is -2.93. The van der Waals surface area contributed by atoms with E-state index in [-0.39, 0.29) is 11.7 Å². The van der Waals surface area contributed by atoms with Crippen molar-refractivity contribution in [2.75, 3.05) is 0 Å². The van der Waals surface area contributed by atoms with Gasteiger partial charge in [0, 0.05) is 29.9 Å². The molecule has 0 spiro atoms. The number of benzene rings is 1. The molecule has 180 valence electrons. The van der Waals surface area contributed by atoms with E-state index >= 15 is 0 Å². The highest BCUT2D eigenvalue weighted by atomic mass is 16.1. The van der Waals surface area contributed by atoms with Crippen molar-refractivity contribution in [2.24, 2.45) is 0 Å². The van der Waals surface area contributed by atoms with E-state index in [2.05, 4.69) is 80.3 Å². The van der Waals surface area contributed by atoms with Crippen molar-refractivity contribution in [2.45, 2.75) is 91.3 Å². The number of aromatic amines is 1. The number of pyridine rings is 1. The molecule has 0 saturated heterocycles. The average Bonchev–Trinajstić information content (AvgIpc) is 3.39. The number of rotatable bonds is 5. The maximum atomic E-state index is 13.2. The molecule has 3 heterocycles. The first-order chi connectivity index (χ1) is 16.2. The maximum absolute atomic E-state index is 13.2. The van der Waals surface area contributed by atoms with E-state index in [1.54, 1.807) is 6.33 Å². The van der Waals surface area contributed by atoms with Crippen LogP contribution in [0.4, 0.5) is 0 Å². The normalized spacial score (nSPS) is 19.2. The number of nitrogens with zero attached hydrogens (tertiary/aromatic N) is 4. The first kappa shape index (κ1) is 22.8. The molecule has 1 aliphatic rings. The molecule has 2 N–H and O–H groups in total. The highest BCUT2D eigenvalue weighted by molar-refractivity contribution is 5.86. The molecular formula is C27H36N6O. The van der Waals surface area contributed by atoms with Crippen LogP contribution >= 0.6 is 0 Å². The number of aryl methyl sites for hydroxylation is 1. The lowest BCUT2D eigenvalue weighted by Gasteiger charge is -2.31. The smallest absolute Gasteiger partial charge is 0.312 e. The number of hydrogen-bond acceptors (Lipinski definition) is 4. The summed E-state index contributed by atoms with van der Waals surface area (Å²) in [6.07, 6.45) is 7.92. The highest BCUT2D eigenvalue weighted by Crippen LogP contribution is 2.37. The molecule has 3 aromatic heterocycles. The van der Waals surface area contributed by atoms with E-state index in [4.69, 9.17) is 0 Å². The summed E-state index contributed by atoms with van der Waals surface area (Å²) < 4.78 is 3.87. The molecule has 7 nitrogen and oxygen atoms in total. The third-order valence-corrected chi connectivity index (χ3v) is 7.56. The van der Waals surface area contributed by atoms with Gasteiger partial charge in [0.1, 0.15) is 6.33 Å². The number of imidazole rings is 1. The highest BCUT2D eigenvalue weighted by Gasteiger charge is 2.26. The third kappa shape index (κ3) is 3.86. The van der Waals surface area contributed by atoms with Crippen LogP contribution < -0.4 is 11.0 Å². The van der Waals surface area contributed by atoms with Crippen LogP contribution in [-0.2, 0) is 0 Å². The second-order valence-corrected chi connectivity index (χ2v) is 10.6. The van der Waals surface area contributed by atoms with Gasteiger partial charge >= 0.3 is 5.69 Å². The molecule has 5 rings (SSSR count). The summed E-state index contributed by atoms with van der Waals surface area (Å²) in [5.41, 5.74) is 8.67. The molecule has 0 aliphatic heterocycles. The summed E-state index contributed by atoms with van der Waals surface area (Å²) in [6, 6.07) is 5.69. The van der Waals surface area contributed by atoms with Gasteiger partial charge in [-0.1, -0.05) is 27.7 Å². The Morgan fingerprint density at radius 1 is 1.03 bits per heavy atom. The van der Waals surface area contributed by atoms with Crippen LogP contribution in [0.3, 0.4) is 0 Å². The van der Waals surface area contributed by atoms with Crippen LogP contribution in [0.15, 0.2) is 29.5 Å². The van der Waals surface area contributed by atoms with Gasteiger partial charge in [-0.15, -0.1) is 0 Å². The first-order valence-electron chi connectivity index (χ1n) is 12.6. The van der Waals surface area contributed by atoms with Gasteiger partial charge in [-0.05, 0) is 79.8 Å². The lowest BCUT2D eigenvalue weighted by Crippen LogP contribution is -2.38. The number of H-pyrrole nitrogens is 1. The zero-order valence-electron chi connectivity index (χ0n) is 21.1. The Kier molecular flexibility index (Phi) is 5.84. The van der Waals surface area contributed by atoms with E-state index in [0.29, 0.717) is 18.0 Å². The van der Waals surface area contributed by atoms with Crippen LogP contribution in [0.5, 0.6) is 0 Å². The van der Waals surface area contributed by atoms with Crippen molar-refractivity contribution in [3.05, 3.63) is 51.8 Å². The number of nitrogens with one attached hydrogen (secondary N) is 2. The maximum Gasteiger partial charge on any atom is 0.326 e. The molecule has 4 aromatic rings. The fraction of sp³-hybridized carbons (Fsp3) is 0.519. The van der Waals surface area contributed by atoms with E-state index in [1.807, 2.05) is 9.08 Å². The van der Waals surface area contributed by atoms with Gasteiger partial charge in [0.25, 0.3) is 0 Å². The summed E-state index contributed by atoms with van der Waals surface area (Å²) in [5, 5.41) is 8.05. The summed E-state index contributed by atoms with van der Waals surface area (Å²) in [6.45, 7) is 13.1. The van der Waals surface area contributed by atoms with Crippen molar-refractivity contribution in [1.82, 2.24) is 29.5 Å². The minimum absolute atomic E-state index is 0.00163. The molecule has 0 unspecified atom stereocenters. The second kappa shape index (κ2) is 8.69. The van der Waals surface area contributed by atoms with Crippen molar-refractivity contribution < 1.29 is 0 Å². The van der Waals surface area contributed by atoms with Gasteiger partial charge in [0.2, 0.25) is 0 Å². The largest absolute Gasteiger partial charge is 0.326 e. The number of fused-ring (bicyclic) bond motifs is 2. The number of hydrogen-bond donors (Lipinski definition) is 2. The molecule has 34 heavy (non-hydrogen) atoms. The average molecular weight is 461 g/mol. The van der Waals surface area contributed by atoms with Crippen LogP contribution in [0, 0.1) is 13.8 Å². The molecule has 7 heteroatoms. The summed E-state index contributed by atoms with van der Waals surface area (Å²) in [7, 11) is 0. The van der Waals surface area contributed by atoms with E-state index < -0.39 is 0 Å². The SMILES string of the molecule is Cc1c(-c2cc3[nH]c(=O)n([C@H]4CC[C@@H](NC(C)C)CC4)c3cc2C(C)C)cn2ncnc2c1C.